The van der Waals surface area contributed by atoms with Crippen LogP contribution < -0.4 is 14.9 Å². The highest BCUT2D eigenvalue weighted by molar-refractivity contribution is 7.91. The summed E-state index contributed by atoms with van der Waals surface area (Å²) in [4.78, 5) is 11.8. The molecule has 0 saturated carbocycles. The molecule has 1 atom stereocenters. The van der Waals surface area contributed by atoms with Crippen LogP contribution in [0.2, 0.25) is 0 Å². The van der Waals surface area contributed by atoms with Crippen LogP contribution in [0, 0.1) is 5.92 Å². The zero-order valence-corrected chi connectivity index (χ0v) is 13.6. The average Bonchev–Trinajstić information content (AvgIpc) is 2.88. The van der Waals surface area contributed by atoms with Gasteiger partial charge in [-0.05, 0) is 30.2 Å². The highest BCUT2D eigenvalue weighted by atomic mass is 32.2. The quantitative estimate of drug-likeness (QED) is 0.606. The van der Waals surface area contributed by atoms with Gasteiger partial charge in [0.1, 0.15) is 0 Å². The summed E-state index contributed by atoms with van der Waals surface area (Å²) < 4.78 is 56.4. The van der Waals surface area contributed by atoms with Crippen molar-refractivity contribution in [3.05, 3.63) is 23.8 Å². The van der Waals surface area contributed by atoms with Crippen molar-refractivity contribution >= 4 is 22.0 Å². The van der Waals surface area contributed by atoms with Crippen molar-refractivity contribution in [2.24, 2.45) is 11.0 Å². The Morgan fingerprint density at radius 2 is 2.17 bits per heavy atom. The molecule has 1 aromatic carbocycles. The fourth-order valence-electron chi connectivity index (χ4n) is 2.22. The van der Waals surface area contributed by atoms with E-state index in [1.165, 1.54) is 31.5 Å². The molecule has 1 saturated heterocycles. The summed E-state index contributed by atoms with van der Waals surface area (Å²) in [7, 11) is -1.84. The molecule has 132 valence electrons. The molecule has 1 amide bonds. The second kappa shape index (κ2) is 7.56. The summed E-state index contributed by atoms with van der Waals surface area (Å²) in [6.07, 6.45) is 1.56. The molecule has 1 fully saturated rings. The molecule has 1 N–H and O–H groups in total. The van der Waals surface area contributed by atoms with Gasteiger partial charge in [-0.1, -0.05) is 0 Å². The normalized spacial score (nSPS) is 19.6. The number of ether oxygens (including phenoxy) is 2. The van der Waals surface area contributed by atoms with Gasteiger partial charge in [0.2, 0.25) is 5.91 Å². The summed E-state index contributed by atoms with van der Waals surface area (Å²) in [5.74, 6) is -1.29. The van der Waals surface area contributed by atoms with Crippen molar-refractivity contribution in [2.45, 2.75) is 13.0 Å². The van der Waals surface area contributed by atoms with Crippen molar-refractivity contribution in [1.82, 2.24) is 5.43 Å². The fraction of sp³-hybridized carbons (Fsp3) is 0.429. The topological polar surface area (TPSA) is 94.1 Å². The highest BCUT2D eigenvalue weighted by Crippen LogP contribution is 2.28. The number of hydrazone groups is 1. The molecule has 1 heterocycles. The number of rotatable bonds is 6. The number of methoxy groups -OCH3 is 1. The molecule has 24 heavy (non-hydrogen) atoms. The average molecular weight is 362 g/mol. The minimum Gasteiger partial charge on any atom is -0.493 e. The lowest BCUT2D eigenvalue weighted by atomic mass is 10.1. The van der Waals surface area contributed by atoms with Gasteiger partial charge in [-0.2, -0.15) is 13.9 Å². The molecule has 0 spiro atoms. The van der Waals surface area contributed by atoms with Gasteiger partial charge in [0.05, 0.1) is 30.7 Å². The van der Waals surface area contributed by atoms with Gasteiger partial charge in [0, 0.05) is 0 Å². The molecule has 7 nitrogen and oxygen atoms in total. The lowest BCUT2D eigenvalue weighted by molar-refractivity contribution is -0.124. The van der Waals surface area contributed by atoms with E-state index in [2.05, 4.69) is 15.3 Å². The van der Waals surface area contributed by atoms with E-state index < -0.39 is 28.3 Å². The van der Waals surface area contributed by atoms with Crippen LogP contribution in [0.5, 0.6) is 11.5 Å². The number of halogens is 2. The third kappa shape index (κ3) is 4.88. The molecule has 0 bridgehead atoms. The van der Waals surface area contributed by atoms with Gasteiger partial charge in [-0.25, -0.2) is 13.8 Å². The second-order valence-corrected chi connectivity index (χ2v) is 7.35. The van der Waals surface area contributed by atoms with E-state index in [0.29, 0.717) is 5.56 Å². The van der Waals surface area contributed by atoms with Crippen LogP contribution in [0.25, 0.3) is 0 Å². The third-order valence-corrected chi connectivity index (χ3v) is 5.16. The third-order valence-electron chi connectivity index (χ3n) is 3.40. The Morgan fingerprint density at radius 1 is 1.42 bits per heavy atom. The Hall–Kier alpha value is -2.23. The van der Waals surface area contributed by atoms with Crippen molar-refractivity contribution in [3.63, 3.8) is 0 Å². The molecule has 10 heteroatoms. The Labute approximate surface area is 137 Å². The molecule has 0 aromatic heterocycles. The smallest absolute Gasteiger partial charge is 0.387 e. The first-order valence-electron chi connectivity index (χ1n) is 6.97. The second-order valence-electron chi connectivity index (χ2n) is 5.12. The standard InChI is InChI=1S/C14H16F2N2O5S/c1-22-12-6-9(2-3-11(12)23-14(15)16)7-17-18-13(19)10-4-5-24(20,21)8-10/h2-3,6-7,10,14H,4-5,8H2,1H3,(H,18,19)/b17-7-/t10-/m1/s1. The van der Waals surface area contributed by atoms with E-state index in [4.69, 9.17) is 4.74 Å². The number of alkyl halides is 2. The maximum Gasteiger partial charge on any atom is 0.387 e. The number of nitrogens with zero attached hydrogens (tertiary/aromatic N) is 1. The van der Waals surface area contributed by atoms with Gasteiger partial charge in [0.15, 0.2) is 21.3 Å². The summed E-state index contributed by atoms with van der Waals surface area (Å²) in [5, 5.41) is 3.74. The van der Waals surface area contributed by atoms with Gasteiger partial charge in [-0.3, -0.25) is 4.79 Å². The van der Waals surface area contributed by atoms with Gasteiger partial charge in [-0.15, -0.1) is 0 Å². The van der Waals surface area contributed by atoms with Crippen LogP contribution in [0.3, 0.4) is 0 Å². The number of sulfone groups is 1. The first-order valence-corrected chi connectivity index (χ1v) is 8.79. The van der Waals surface area contributed by atoms with Crippen molar-refractivity contribution in [2.75, 3.05) is 18.6 Å². The van der Waals surface area contributed by atoms with Crippen LogP contribution in [-0.2, 0) is 14.6 Å². The van der Waals surface area contributed by atoms with Gasteiger partial charge in [0.25, 0.3) is 0 Å². The van der Waals surface area contributed by atoms with E-state index in [-0.39, 0.29) is 29.4 Å². The zero-order valence-electron chi connectivity index (χ0n) is 12.7. The number of amides is 1. The summed E-state index contributed by atoms with van der Waals surface area (Å²) >= 11 is 0. The van der Waals surface area contributed by atoms with E-state index in [9.17, 15) is 22.0 Å². The molecule has 0 aliphatic carbocycles. The van der Waals surface area contributed by atoms with Crippen LogP contribution >= 0.6 is 0 Å². The van der Waals surface area contributed by atoms with Crippen molar-refractivity contribution in [3.8, 4) is 11.5 Å². The summed E-state index contributed by atoms with van der Waals surface area (Å²) in [6.45, 7) is -2.97. The summed E-state index contributed by atoms with van der Waals surface area (Å²) in [5.41, 5.74) is 2.75. The van der Waals surface area contributed by atoms with E-state index in [1.807, 2.05) is 0 Å². The fourth-order valence-corrected chi connectivity index (χ4v) is 3.96. The Kier molecular flexibility index (Phi) is 5.71. The van der Waals surface area contributed by atoms with Gasteiger partial charge >= 0.3 is 6.61 Å². The van der Waals surface area contributed by atoms with Crippen LogP contribution in [-0.4, -0.2) is 45.8 Å². The Balaban J connectivity index is 1.98. The minimum atomic E-state index is -3.15. The van der Waals surface area contributed by atoms with E-state index >= 15 is 0 Å². The van der Waals surface area contributed by atoms with E-state index in [0.717, 1.165) is 0 Å². The molecular weight excluding hydrogens is 346 g/mol. The number of hydrogen-bond donors (Lipinski definition) is 1. The molecule has 0 unspecified atom stereocenters. The monoisotopic (exact) mass is 362 g/mol. The summed E-state index contributed by atoms with van der Waals surface area (Å²) in [6, 6.07) is 4.15. The minimum absolute atomic E-state index is 0.00238. The number of carbonyl (C=O) groups is 1. The maximum absolute atomic E-state index is 12.2. The predicted molar refractivity (Wildman–Crippen MR) is 82.1 cm³/mol. The first-order chi connectivity index (χ1) is 11.3. The highest BCUT2D eigenvalue weighted by Gasteiger charge is 2.32. The largest absolute Gasteiger partial charge is 0.493 e. The Bertz CT molecular complexity index is 737. The van der Waals surface area contributed by atoms with Crippen LogP contribution in [0.1, 0.15) is 12.0 Å². The van der Waals surface area contributed by atoms with E-state index in [1.54, 1.807) is 0 Å². The van der Waals surface area contributed by atoms with Crippen LogP contribution in [0.15, 0.2) is 23.3 Å². The molecular formula is C14H16F2N2O5S. The lowest BCUT2D eigenvalue weighted by Gasteiger charge is -2.10. The maximum atomic E-state index is 12.2. The first kappa shape index (κ1) is 18.1. The zero-order chi connectivity index (χ0) is 17.7. The molecule has 0 radical (unpaired) electrons. The number of benzene rings is 1. The Morgan fingerprint density at radius 3 is 2.75 bits per heavy atom. The van der Waals surface area contributed by atoms with Crippen LogP contribution in [0.4, 0.5) is 8.78 Å². The molecule has 1 aliphatic heterocycles. The number of hydrogen-bond acceptors (Lipinski definition) is 6. The SMILES string of the molecule is COc1cc(/C=N\NC(=O)[C@@H]2CCS(=O)(=O)C2)ccc1OC(F)F. The van der Waals surface area contributed by atoms with Gasteiger partial charge < -0.3 is 9.47 Å². The number of carbonyl (C=O) groups excluding carboxylic acids is 1. The molecule has 2 rings (SSSR count). The number of nitrogens with one attached hydrogen (secondary N) is 1. The lowest BCUT2D eigenvalue weighted by Crippen LogP contribution is -2.27. The predicted octanol–water partition coefficient (Wildman–Crippen LogP) is 1.18. The molecule has 1 aliphatic rings. The van der Waals surface area contributed by atoms with Crippen molar-refractivity contribution < 1.29 is 31.5 Å². The molecule has 1 aromatic rings. The van der Waals surface area contributed by atoms with Crippen molar-refractivity contribution in [1.29, 1.82) is 0 Å².